The number of rotatable bonds is 1. The summed E-state index contributed by atoms with van der Waals surface area (Å²) >= 11 is 1.60. The molecule has 2 aliphatic rings. The Bertz CT molecular complexity index is 458. The molecule has 17 heavy (non-hydrogen) atoms. The van der Waals surface area contributed by atoms with Crippen molar-refractivity contribution < 1.29 is 9.53 Å². The van der Waals surface area contributed by atoms with Crippen LogP contribution in [0, 0.1) is 0 Å². The number of hydrogen-bond acceptors (Lipinski definition) is 4. The van der Waals surface area contributed by atoms with Crippen LogP contribution >= 0.6 is 11.8 Å². The van der Waals surface area contributed by atoms with Crippen LogP contribution in [0.25, 0.3) is 0 Å². The Morgan fingerprint density at radius 3 is 3.12 bits per heavy atom. The average molecular weight is 250 g/mol. The van der Waals surface area contributed by atoms with Gasteiger partial charge < -0.3 is 10.1 Å². The fourth-order valence-electron chi connectivity index (χ4n) is 2.05. The summed E-state index contributed by atoms with van der Waals surface area (Å²) in [5.74, 6) is 0.0742. The Kier molecular flexibility index (Phi) is 2.82. The molecular weight excluding hydrogens is 236 g/mol. The van der Waals surface area contributed by atoms with E-state index in [0.717, 1.165) is 22.7 Å². The van der Waals surface area contributed by atoms with Gasteiger partial charge in [0.05, 0.1) is 23.8 Å². The molecule has 1 aromatic rings. The van der Waals surface area contributed by atoms with E-state index in [-0.39, 0.29) is 17.3 Å². The van der Waals surface area contributed by atoms with Crippen molar-refractivity contribution in [3.8, 4) is 0 Å². The topological polar surface area (TPSA) is 50.4 Å². The third-order valence-electron chi connectivity index (χ3n) is 3.02. The monoisotopic (exact) mass is 250 g/mol. The second kappa shape index (κ2) is 4.33. The van der Waals surface area contributed by atoms with E-state index in [1.165, 1.54) is 0 Å². The molecule has 90 valence electrons. The highest BCUT2D eigenvalue weighted by molar-refractivity contribution is 8.00. The van der Waals surface area contributed by atoms with Crippen molar-refractivity contribution in [1.82, 2.24) is 5.32 Å². The average Bonchev–Trinajstić information content (AvgIpc) is 2.83. The number of fused-ring (bicyclic) bond motifs is 1. The highest BCUT2D eigenvalue weighted by atomic mass is 32.2. The summed E-state index contributed by atoms with van der Waals surface area (Å²) in [7, 11) is 0. The number of nitrogens with one attached hydrogen (secondary N) is 2. The molecule has 1 aromatic carbocycles. The second-order valence-electron chi connectivity index (χ2n) is 4.26. The quantitative estimate of drug-likeness (QED) is 0.797. The molecule has 3 rings (SSSR count). The summed E-state index contributed by atoms with van der Waals surface area (Å²) in [6.07, 6.45) is 0.0987. The minimum Gasteiger partial charge on any atom is -0.357 e. The van der Waals surface area contributed by atoms with Crippen molar-refractivity contribution in [2.75, 3.05) is 18.6 Å². The first-order chi connectivity index (χ1) is 8.24. The summed E-state index contributed by atoms with van der Waals surface area (Å²) in [6, 6.07) is 6.16. The van der Waals surface area contributed by atoms with Crippen LogP contribution in [0.3, 0.4) is 0 Å². The first-order valence-corrected chi connectivity index (χ1v) is 6.56. The van der Waals surface area contributed by atoms with Crippen LogP contribution in [0.1, 0.15) is 18.6 Å². The van der Waals surface area contributed by atoms with Gasteiger partial charge in [0.25, 0.3) is 0 Å². The number of amides is 1. The normalized spacial score (nSPS) is 27.7. The van der Waals surface area contributed by atoms with E-state index in [9.17, 15) is 4.79 Å². The smallest absolute Gasteiger partial charge is 0.237 e. The van der Waals surface area contributed by atoms with Gasteiger partial charge in [-0.05, 0) is 24.6 Å². The predicted molar refractivity (Wildman–Crippen MR) is 67.1 cm³/mol. The highest BCUT2D eigenvalue weighted by Gasteiger charge is 2.25. The molecule has 1 saturated heterocycles. The lowest BCUT2D eigenvalue weighted by atomic mass is 10.1. The minimum atomic E-state index is -0.0160. The van der Waals surface area contributed by atoms with Gasteiger partial charge in [-0.15, -0.1) is 11.8 Å². The molecule has 2 atom stereocenters. The van der Waals surface area contributed by atoms with Gasteiger partial charge in [-0.3, -0.25) is 10.1 Å². The molecule has 0 bridgehead atoms. The summed E-state index contributed by atoms with van der Waals surface area (Å²) in [6.45, 7) is 3.34. The van der Waals surface area contributed by atoms with Crippen LogP contribution in [-0.4, -0.2) is 24.4 Å². The van der Waals surface area contributed by atoms with Crippen molar-refractivity contribution in [3.63, 3.8) is 0 Å². The van der Waals surface area contributed by atoms with Gasteiger partial charge in [0.2, 0.25) is 5.91 Å². The molecule has 2 unspecified atom stereocenters. The van der Waals surface area contributed by atoms with Crippen molar-refractivity contribution >= 4 is 23.4 Å². The molecule has 2 N–H and O–H groups in total. The molecule has 0 aromatic heterocycles. The van der Waals surface area contributed by atoms with Crippen molar-refractivity contribution in [2.24, 2.45) is 0 Å². The third-order valence-corrected chi connectivity index (χ3v) is 4.20. The van der Waals surface area contributed by atoms with E-state index >= 15 is 0 Å². The maximum atomic E-state index is 11.6. The van der Waals surface area contributed by atoms with E-state index in [1.54, 1.807) is 11.8 Å². The molecule has 4 nitrogen and oxygen atoms in total. The van der Waals surface area contributed by atoms with Crippen LogP contribution in [0.15, 0.2) is 23.1 Å². The number of carbonyl (C=O) groups excluding carboxylic acids is 1. The third kappa shape index (κ3) is 2.06. The predicted octanol–water partition coefficient (Wildman–Crippen LogP) is 1.74. The van der Waals surface area contributed by atoms with Gasteiger partial charge in [-0.25, -0.2) is 0 Å². The van der Waals surface area contributed by atoms with Crippen LogP contribution in [-0.2, 0) is 9.53 Å². The number of ether oxygens (including phenoxy) is 1. The van der Waals surface area contributed by atoms with Crippen molar-refractivity contribution in [3.05, 3.63) is 23.8 Å². The lowest BCUT2D eigenvalue weighted by Crippen LogP contribution is -2.26. The van der Waals surface area contributed by atoms with E-state index in [0.29, 0.717) is 6.73 Å². The van der Waals surface area contributed by atoms with E-state index in [1.807, 2.05) is 13.0 Å². The van der Waals surface area contributed by atoms with E-state index in [4.69, 9.17) is 4.74 Å². The van der Waals surface area contributed by atoms with Crippen molar-refractivity contribution in [1.29, 1.82) is 0 Å². The maximum absolute atomic E-state index is 11.6. The van der Waals surface area contributed by atoms with Gasteiger partial charge >= 0.3 is 0 Å². The molecule has 2 heterocycles. The Balaban J connectivity index is 1.90. The Morgan fingerprint density at radius 2 is 2.35 bits per heavy atom. The molecule has 0 radical (unpaired) electrons. The van der Waals surface area contributed by atoms with Crippen LogP contribution in [0.5, 0.6) is 0 Å². The van der Waals surface area contributed by atoms with Gasteiger partial charge in [0, 0.05) is 11.4 Å². The van der Waals surface area contributed by atoms with E-state index in [2.05, 4.69) is 22.8 Å². The number of benzene rings is 1. The first kappa shape index (κ1) is 11.1. The largest absolute Gasteiger partial charge is 0.357 e. The van der Waals surface area contributed by atoms with Gasteiger partial charge in [-0.1, -0.05) is 6.07 Å². The lowest BCUT2D eigenvalue weighted by Gasteiger charge is -2.22. The summed E-state index contributed by atoms with van der Waals surface area (Å²) in [5.41, 5.74) is 2.02. The fraction of sp³-hybridized carbons (Fsp3) is 0.417. The summed E-state index contributed by atoms with van der Waals surface area (Å²) in [4.78, 5) is 12.7. The maximum Gasteiger partial charge on any atom is 0.237 e. The molecule has 0 saturated carbocycles. The van der Waals surface area contributed by atoms with E-state index < -0.39 is 0 Å². The lowest BCUT2D eigenvalue weighted by molar-refractivity contribution is -0.115. The Morgan fingerprint density at radius 1 is 1.47 bits per heavy atom. The minimum absolute atomic E-state index is 0.0160. The molecule has 0 spiro atoms. The zero-order chi connectivity index (χ0) is 11.8. The highest BCUT2D eigenvalue weighted by Crippen LogP contribution is 2.37. The van der Waals surface area contributed by atoms with Gasteiger partial charge in [0.15, 0.2) is 0 Å². The standard InChI is InChI=1S/C12H14N2O2S/c1-7-12(15)14-9-4-8(2-3-11(9)17-7)10-5-13-6-16-10/h2-4,7,10,13H,5-6H2,1H3,(H,14,15). The Labute approximate surface area is 104 Å². The second-order valence-corrected chi connectivity index (χ2v) is 5.64. The number of hydrogen-bond donors (Lipinski definition) is 2. The van der Waals surface area contributed by atoms with Gasteiger partial charge in [0.1, 0.15) is 0 Å². The number of carbonyl (C=O) groups is 1. The van der Waals surface area contributed by atoms with Gasteiger partial charge in [-0.2, -0.15) is 0 Å². The number of thioether (sulfide) groups is 1. The first-order valence-electron chi connectivity index (χ1n) is 5.68. The van der Waals surface area contributed by atoms with Crippen molar-refractivity contribution in [2.45, 2.75) is 23.2 Å². The molecule has 1 amide bonds. The summed E-state index contributed by atoms with van der Waals surface area (Å²) in [5, 5.41) is 6.07. The SMILES string of the molecule is CC1Sc2ccc(C3CNCO3)cc2NC1=O. The molecule has 1 fully saturated rings. The number of anilines is 1. The Hall–Kier alpha value is -1.04. The zero-order valence-electron chi connectivity index (χ0n) is 9.53. The van der Waals surface area contributed by atoms with Crippen LogP contribution < -0.4 is 10.6 Å². The van der Waals surface area contributed by atoms with Crippen LogP contribution in [0.4, 0.5) is 5.69 Å². The fourth-order valence-corrected chi connectivity index (χ4v) is 2.98. The van der Waals surface area contributed by atoms with Crippen LogP contribution in [0.2, 0.25) is 0 Å². The molecule has 0 aliphatic carbocycles. The molecule has 2 aliphatic heterocycles. The summed E-state index contributed by atoms with van der Waals surface area (Å²) < 4.78 is 5.55. The molecular formula is C12H14N2O2S. The molecule has 5 heteroatoms. The zero-order valence-corrected chi connectivity index (χ0v) is 10.3.